The molecule has 5 atom stereocenters. The lowest BCUT2D eigenvalue weighted by atomic mass is 9.68. The number of hydrogen-bond donors (Lipinski definition) is 0. The molecule has 5 rings (SSSR count). The Kier molecular flexibility index (Phi) is 6.31. The van der Waals surface area contributed by atoms with Gasteiger partial charge in [0.1, 0.15) is 5.78 Å². The van der Waals surface area contributed by atoms with Gasteiger partial charge in [0.05, 0.1) is 0 Å². The molecule has 32 heavy (non-hydrogen) atoms. The average Bonchev–Trinajstić information content (AvgIpc) is 3.58. The minimum absolute atomic E-state index is 0.108. The minimum atomic E-state index is 0.108. The molecule has 0 heterocycles. The molecule has 2 fully saturated rings. The van der Waals surface area contributed by atoms with Gasteiger partial charge >= 0.3 is 0 Å². The molecule has 0 N–H and O–H groups in total. The first-order chi connectivity index (χ1) is 15.6. The molecule has 5 aliphatic rings. The molecule has 5 unspecified atom stereocenters. The van der Waals surface area contributed by atoms with Gasteiger partial charge in [-0.1, -0.05) is 66.2 Å². The highest BCUT2D eigenvalue weighted by Crippen LogP contribution is 2.56. The van der Waals surface area contributed by atoms with E-state index in [1.165, 1.54) is 31.3 Å². The van der Waals surface area contributed by atoms with Gasteiger partial charge in [-0.25, -0.2) is 0 Å². The molecular formula is C30H36O2. The van der Waals surface area contributed by atoms with Crippen LogP contribution in [-0.2, 0) is 9.59 Å². The molecule has 2 saturated carbocycles. The summed E-state index contributed by atoms with van der Waals surface area (Å²) in [5.41, 5.74) is 5.04. The zero-order valence-electron chi connectivity index (χ0n) is 19.4. The molecule has 0 aromatic carbocycles. The zero-order valence-corrected chi connectivity index (χ0v) is 19.4. The number of ketones is 2. The number of carbonyl (C=O) groups excluding carboxylic acids is 2. The van der Waals surface area contributed by atoms with Crippen molar-refractivity contribution in [3.8, 4) is 0 Å². The first-order valence-electron chi connectivity index (χ1n) is 12.7. The monoisotopic (exact) mass is 428 g/mol. The molecule has 0 aromatic rings. The van der Waals surface area contributed by atoms with Gasteiger partial charge in [-0.3, -0.25) is 9.59 Å². The molecule has 0 aromatic heterocycles. The van der Waals surface area contributed by atoms with Crippen LogP contribution in [0.3, 0.4) is 0 Å². The highest BCUT2D eigenvalue weighted by Gasteiger charge is 2.50. The summed E-state index contributed by atoms with van der Waals surface area (Å²) in [4.78, 5) is 26.3. The predicted octanol–water partition coefficient (Wildman–Crippen LogP) is 7.01. The maximum atomic E-state index is 13.6. The summed E-state index contributed by atoms with van der Waals surface area (Å²) in [6, 6.07) is 0. The van der Waals surface area contributed by atoms with Gasteiger partial charge in [-0.05, 0) is 81.1 Å². The second-order valence-corrected chi connectivity index (χ2v) is 10.6. The van der Waals surface area contributed by atoms with Crippen LogP contribution in [-0.4, -0.2) is 11.6 Å². The van der Waals surface area contributed by atoms with Gasteiger partial charge < -0.3 is 0 Å². The molecule has 168 valence electrons. The number of hydrogen-bond acceptors (Lipinski definition) is 2. The second kappa shape index (κ2) is 9.33. The van der Waals surface area contributed by atoms with E-state index in [0.29, 0.717) is 42.3 Å². The quantitative estimate of drug-likeness (QED) is 0.416. The Morgan fingerprint density at radius 2 is 1.78 bits per heavy atom. The van der Waals surface area contributed by atoms with Crippen LogP contribution in [0.15, 0.2) is 70.9 Å². The van der Waals surface area contributed by atoms with Crippen molar-refractivity contribution in [3.63, 3.8) is 0 Å². The van der Waals surface area contributed by atoms with Crippen LogP contribution in [0.2, 0.25) is 0 Å². The zero-order chi connectivity index (χ0) is 22.1. The van der Waals surface area contributed by atoms with Crippen molar-refractivity contribution in [2.75, 3.05) is 0 Å². The van der Waals surface area contributed by atoms with Crippen LogP contribution in [0, 0.1) is 29.6 Å². The fraction of sp³-hybridized carbons (Fsp3) is 0.533. The van der Waals surface area contributed by atoms with Crippen molar-refractivity contribution < 1.29 is 9.59 Å². The molecule has 0 spiro atoms. The van der Waals surface area contributed by atoms with Crippen LogP contribution in [0.25, 0.3) is 0 Å². The van der Waals surface area contributed by atoms with E-state index in [1.807, 2.05) is 13.0 Å². The van der Waals surface area contributed by atoms with Gasteiger partial charge in [-0.15, -0.1) is 0 Å². The van der Waals surface area contributed by atoms with Crippen LogP contribution in [0.5, 0.6) is 0 Å². The van der Waals surface area contributed by atoms with E-state index >= 15 is 0 Å². The van der Waals surface area contributed by atoms with E-state index < -0.39 is 0 Å². The van der Waals surface area contributed by atoms with Crippen molar-refractivity contribution in [3.05, 3.63) is 70.9 Å². The third-order valence-corrected chi connectivity index (χ3v) is 8.80. The maximum absolute atomic E-state index is 13.6. The van der Waals surface area contributed by atoms with Gasteiger partial charge in [0.2, 0.25) is 0 Å². The topological polar surface area (TPSA) is 34.1 Å². The largest absolute Gasteiger partial charge is 0.299 e. The Balaban J connectivity index is 1.30. The van der Waals surface area contributed by atoms with E-state index in [4.69, 9.17) is 0 Å². The molecule has 0 bridgehead atoms. The van der Waals surface area contributed by atoms with Crippen molar-refractivity contribution in [1.29, 1.82) is 0 Å². The van der Waals surface area contributed by atoms with Crippen molar-refractivity contribution >= 4 is 11.6 Å². The average molecular weight is 429 g/mol. The number of carbonyl (C=O) groups is 2. The van der Waals surface area contributed by atoms with Gasteiger partial charge in [-0.2, -0.15) is 0 Å². The van der Waals surface area contributed by atoms with E-state index in [-0.39, 0.29) is 11.7 Å². The Morgan fingerprint density at radius 1 is 0.938 bits per heavy atom. The number of allylic oxidation sites excluding steroid dienone is 12. The highest BCUT2D eigenvalue weighted by molar-refractivity contribution is 5.99. The maximum Gasteiger partial charge on any atom is 0.159 e. The third-order valence-electron chi connectivity index (χ3n) is 8.80. The lowest BCUT2D eigenvalue weighted by Gasteiger charge is -2.37. The predicted molar refractivity (Wildman–Crippen MR) is 130 cm³/mol. The molecule has 0 saturated heterocycles. The molecule has 2 heteroatoms. The summed E-state index contributed by atoms with van der Waals surface area (Å²) in [5.74, 6) is 3.04. The normalized spacial score (nSPS) is 33.1. The molecule has 0 aliphatic heterocycles. The Labute approximate surface area is 192 Å². The summed E-state index contributed by atoms with van der Waals surface area (Å²) < 4.78 is 0. The van der Waals surface area contributed by atoms with Gasteiger partial charge in [0.15, 0.2) is 5.78 Å². The van der Waals surface area contributed by atoms with Crippen molar-refractivity contribution in [2.24, 2.45) is 29.6 Å². The summed E-state index contributed by atoms with van der Waals surface area (Å²) in [6.45, 7) is 2.01. The molecule has 0 radical (unpaired) electrons. The Morgan fingerprint density at radius 3 is 2.50 bits per heavy atom. The lowest BCUT2D eigenvalue weighted by molar-refractivity contribution is -0.126. The Bertz CT molecular complexity index is 967. The van der Waals surface area contributed by atoms with Crippen LogP contribution >= 0.6 is 0 Å². The minimum Gasteiger partial charge on any atom is -0.299 e. The molecule has 2 nitrogen and oxygen atoms in total. The van der Waals surface area contributed by atoms with Gasteiger partial charge in [0, 0.05) is 24.3 Å². The van der Waals surface area contributed by atoms with E-state index in [1.54, 1.807) is 5.57 Å². The number of rotatable bonds is 8. The molecule has 5 aliphatic carbocycles. The SMILES string of the molecule is CC1=C(C(=O)CCC(=O)C2CC3C(CC4=CC=CC4)CCCC3C2C2=CC=CC2)CC=C1. The standard InChI is InChI=1S/C30H36O2/c1-20-8-6-14-24(20)28(31)16-17-29(32)27-19-26-23(18-21-9-2-3-10-21)13-7-15-25(26)30(27)22-11-4-5-12-22/h2-6,8-9,11,23,25-27,30H,7,10,12-19H2,1H3. The lowest BCUT2D eigenvalue weighted by Crippen LogP contribution is -2.29. The summed E-state index contributed by atoms with van der Waals surface area (Å²) >= 11 is 0. The fourth-order valence-electron chi connectivity index (χ4n) is 7.28. The molecule has 0 amide bonds. The first kappa shape index (κ1) is 21.6. The number of Topliss-reactive ketones (excluding diaryl/α,β-unsaturated/α-hetero) is 2. The first-order valence-corrected chi connectivity index (χ1v) is 12.7. The molecular weight excluding hydrogens is 392 g/mol. The van der Waals surface area contributed by atoms with E-state index in [2.05, 4.69) is 42.5 Å². The smallest absolute Gasteiger partial charge is 0.159 e. The van der Waals surface area contributed by atoms with Crippen LogP contribution < -0.4 is 0 Å². The highest BCUT2D eigenvalue weighted by atomic mass is 16.1. The van der Waals surface area contributed by atoms with Crippen molar-refractivity contribution in [2.45, 2.75) is 71.1 Å². The van der Waals surface area contributed by atoms with E-state index in [9.17, 15) is 9.59 Å². The Hall–Kier alpha value is -2.22. The van der Waals surface area contributed by atoms with E-state index in [0.717, 1.165) is 36.8 Å². The van der Waals surface area contributed by atoms with Gasteiger partial charge in [0.25, 0.3) is 0 Å². The fourth-order valence-corrected chi connectivity index (χ4v) is 7.28. The summed E-state index contributed by atoms with van der Waals surface area (Å²) in [7, 11) is 0. The second-order valence-electron chi connectivity index (χ2n) is 10.6. The van der Waals surface area contributed by atoms with Crippen LogP contribution in [0.4, 0.5) is 0 Å². The van der Waals surface area contributed by atoms with Crippen LogP contribution in [0.1, 0.15) is 71.1 Å². The third kappa shape index (κ3) is 4.21. The van der Waals surface area contributed by atoms with Crippen molar-refractivity contribution in [1.82, 2.24) is 0 Å². The summed E-state index contributed by atoms with van der Waals surface area (Å²) in [6.07, 6.45) is 27.3. The summed E-state index contributed by atoms with van der Waals surface area (Å²) in [5, 5.41) is 0. The number of fused-ring (bicyclic) bond motifs is 1.